The number of amides is 1. The van der Waals surface area contributed by atoms with E-state index >= 15 is 0 Å². The van der Waals surface area contributed by atoms with Crippen LogP contribution in [0.5, 0.6) is 0 Å². The molecule has 0 saturated heterocycles. The lowest BCUT2D eigenvalue weighted by atomic mass is 10.1. The van der Waals surface area contributed by atoms with Crippen LogP contribution in [0.4, 0.5) is 11.4 Å². The Kier molecular flexibility index (Phi) is 3.80. The molecule has 2 rings (SSSR count). The summed E-state index contributed by atoms with van der Waals surface area (Å²) in [5.41, 5.74) is 12.8. The molecule has 0 bridgehead atoms. The first-order valence-electron chi connectivity index (χ1n) is 5.61. The molecule has 0 radical (unpaired) electrons. The van der Waals surface area contributed by atoms with E-state index in [4.69, 9.17) is 15.9 Å². The zero-order valence-electron chi connectivity index (χ0n) is 10.4. The molecular weight excluding hydrogens is 310 g/mol. The Morgan fingerprint density at radius 1 is 1.26 bits per heavy atom. The van der Waals surface area contributed by atoms with Gasteiger partial charge in [-0.2, -0.15) is 0 Å². The standard InChI is InChI=1S/C13H14BrN3O2/c1-17(7-11-2-3-12(14)19-11)13(18)8-4-9(15)6-10(16)5-8/h2-6H,7,15-16H2,1H3. The van der Waals surface area contributed by atoms with Crippen LogP contribution in [-0.4, -0.2) is 17.9 Å². The molecule has 1 aromatic heterocycles. The predicted molar refractivity (Wildman–Crippen MR) is 77.5 cm³/mol. The topological polar surface area (TPSA) is 85.5 Å². The van der Waals surface area contributed by atoms with E-state index in [1.54, 1.807) is 36.2 Å². The zero-order valence-corrected chi connectivity index (χ0v) is 12.0. The van der Waals surface area contributed by atoms with Gasteiger partial charge in [-0.25, -0.2) is 0 Å². The summed E-state index contributed by atoms with van der Waals surface area (Å²) < 4.78 is 6.00. The minimum atomic E-state index is -0.161. The number of hydrogen-bond acceptors (Lipinski definition) is 4. The molecule has 0 saturated carbocycles. The minimum absolute atomic E-state index is 0.161. The van der Waals surface area contributed by atoms with Crippen molar-refractivity contribution in [2.45, 2.75) is 6.54 Å². The molecule has 0 fully saturated rings. The second-order valence-corrected chi connectivity index (χ2v) is 5.04. The van der Waals surface area contributed by atoms with Crippen LogP contribution >= 0.6 is 15.9 Å². The fourth-order valence-corrected chi connectivity index (χ4v) is 2.10. The van der Waals surface area contributed by atoms with Gasteiger partial charge >= 0.3 is 0 Å². The summed E-state index contributed by atoms with van der Waals surface area (Å²) >= 11 is 3.22. The minimum Gasteiger partial charge on any atom is -0.452 e. The molecule has 19 heavy (non-hydrogen) atoms. The second-order valence-electron chi connectivity index (χ2n) is 4.26. The summed E-state index contributed by atoms with van der Waals surface area (Å²) in [7, 11) is 1.69. The van der Waals surface area contributed by atoms with Crippen molar-refractivity contribution in [3.05, 3.63) is 46.3 Å². The third-order valence-corrected chi connectivity index (χ3v) is 3.02. The average molecular weight is 324 g/mol. The quantitative estimate of drug-likeness (QED) is 0.850. The molecule has 1 aromatic carbocycles. The molecule has 4 N–H and O–H groups in total. The number of nitrogens with two attached hydrogens (primary N) is 2. The Hall–Kier alpha value is -1.95. The maximum atomic E-state index is 12.2. The first kappa shape index (κ1) is 13.5. The van der Waals surface area contributed by atoms with Gasteiger partial charge < -0.3 is 20.8 Å². The monoisotopic (exact) mass is 323 g/mol. The molecular formula is C13H14BrN3O2. The highest BCUT2D eigenvalue weighted by molar-refractivity contribution is 9.10. The van der Waals surface area contributed by atoms with Gasteiger partial charge in [0.25, 0.3) is 5.91 Å². The van der Waals surface area contributed by atoms with E-state index in [-0.39, 0.29) is 5.91 Å². The number of hydrogen-bond donors (Lipinski definition) is 2. The Bertz CT molecular complexity index is 589. The number of halogens is 1. The number of furan rings is 1. The summed E-state index contributed by atoms with van der Waals surface area (Å²) in [4.78, 5) is 13.8. The maximum Gasteiger partial charge on any atom is 0.254 e. The Balaban J connectivity index is 2.14. The molecule has 6 heteroatoms. The van der Waals surface area contributed by atoms with E-state index in [1.807, 2.05) is 6.07 Å². The number of carbonyl (C=O) groups is 1. The van der Waals surface area contributed by atoms with Gasteiger partial charge in [0, 0.05) is 24.0 Å². The highest BCUT2D eigenvalue weighted by Gasteiger charge is 2.14. The van der Waals surface area contributed by atoms with E-state index in [0.29, 0.717) is 33.9 Å². The van der Waals surface area contributed by atoms with E-state index in [9.17, 15) is 4.79 Å². The number of anilines is 2. The van der Waals surface area contributed by atoms with Crippen molar-refractivity contribution < 1.29 is 9.21 Å². The molecule has 1 amide bonds. The van der Waals surface area contributed by atoms with Gasteiger partial charge in [-0.05, 0) is 46.3 Å². The van der Waals surface area contributed by atoms with Crippen molar-refractivity contribution in [1.82, 2.24) is 4.90 Å². The Morgan fingerprint density at radius 2 is 1.89 bits per heavy atom. The van der Waals surface area contributed by atoms with Gasteiger partial charge in [-0.1, -0.05) is 0 Å². The Labute approximate surface area is 119 Å². The lowest BCUT2D eigenvalue weighted by Crippen LogP contribution is -2.26. The van der Waals surface area contributed by atoms with Gasteiger partial charge in [0.05, 0.1) is 6.54 Å². The number of benzene rings is 1. The first-order chi connectivity index (χ1) is 8.95. The van der Waals surface area contributed by atoms with Gasteiger partial charge in [-0.15, -0.1) is 0 Å². The molecule has 1 heterocycles. The van der Waals surface area contributed by atoms with Crippen molar-refractivity contribution in [3.63, 3.8) is 0 Å². The number of nitrogen functional groups attached to an aromatic ring is 2. The summed E-state index contributed by atoms with van der Waals surface area (Å²) in [5.74, 6) is 0.533. The number of carbonyl (C=O) groups excluding carboxylic acids is 1. The summed E-state index contributed by atoms with van der Waals surface area (Å²) in [6.07, 6.45) is 0. The maximum absolute atomic E-state index is 12.2. The smallest absolute Gasteiger partial charge is 0.254 e. The largest absolute Gasteiger partial charge is 0.452 e. The number of rotatable bonds is 3. The van der Waals surface area contributed by atoms with Crippen LogP contribution in [0.3, 0.4) is 0 Å². The summed E-state index contributed by atoms with van der Waals surface area (Å²) in [6, 6.07) is 8.41. The normalized spacial score (nSPS) is 10.4. The molecule has 5 nitrogen and oxygen atoms in total. The van der Waals surface area contributed by atoms with Gasteiger partial charge in [0.2, 0.25) is 0 Å². The fourth-order valence-electron chi connectivity index (χ4n) is 1.76. The molecule has 0 atom stereocenters. The van der Waals surface area contributed by atoms with E-state index < -0.39 is 0 Å². The van der Waals surface area contributed by atoms with Crippen LogP contribution in [0.2, 0.25) is 0 Å². The first-order valence-corrected chi connectivity index (χ1v) is 6.41. The van der Waals surface area contributed by atoms with Gasteiger partial charge in [-0.3, -0.25) is 4.79 Å². The molecule has 2 aromatic rings. The van der Waals surface area contributed by atoms with E-state index in [1.165, 1.54) is 0 Å². The van der Waals surface area contributed by atoms with Gasteiger partial charge in [0.15, 0.2) is 4.67 Å². The molecule has 0 aliphatic heterocycles. The fraction of sp³-hybridized carbons (Fsp3) is 0.154. The lowest BCUT2D eigenvalue weighted by Gasteiger charge is -2.16. The molecule has 0 aliphatic rings. The summed E-state index contributed by atoms with van der Waals surface area (Å²) in [5, 5.41) is 0. The van der Waals surface area contributed by atoms with Crippen molar-refractivity contribution >= 4 is 33.2 Å². The third kappa shape index (κ3) is 3.29. The predicted octanol–water partition coefficient (Wildman–Crippen LogP) is 2.48. The number of nitrogens with zero attached hydrogens (tertiary/aromatic N) is 1. The van der Waals surface area contributed by atoms with Gasteiger partial charge in [0.1, 0.15) is 5.76 Å². The second kappa shape index (κ2) is 5.36. The van der Waals surface area contributed by atoms with Crippen molar-refractivity contribution in [2.75, 3.05) is 18.5 Å². The van der Waals surface area contributed by atoms with Crippen LogP contribution in [0.15, 0.2) is 39.4 Å². The molecule has 0 aliphatic carbocycles. The van der Waals surface area contributed by atoms with E-state index in [2.05, 4.69) is 15.9 Å². The highest BCUT2D eigenvalue weighted by Crippen LogP contribution is 2.18. The van der Waals surface area contributed by atoms with Crippen LogP contribution in [-0.2, 0) is 6.54 Å². The zero-order chi connectivity index (χ0) is 14.0. The molecule has 0 unspecified atom stereocenters. The van der Waals surface area contributed by atoms with Crippen LogP contribution < -0.4 is 11.5 Å². The lowest BCUT2D eigenvalue weighted by molar-refractivity contribution is 0.0775. The average Bonchev–Trinajstić information content (AvgIpc) is 2.72. The Morgan fingerprint density at radius 3 is 2.42 bits per heavy atom. The van der Waals surface area contributed by atoms with Crippen LogP contribution in [0.25, 0.3) is 0 Å². The highest BCUT2D eigenvalue weighted by atomic mass is 79.9. The van der Waals surface area contributed by atoms with Crippen molar-refractivity contribution in [1.29, 1.82) is 0 Å². The van der Waals surface area contributed by atoms with Crippen LogP contribution in [0, 0.1) is 0 Å². The molecule has 0 spiro atoms. The van der Waals surface area contributed by atoms with Crippen molar-refractivity contribution in [2.24, 2.45) is 0 Å². The summed E-state index contributed by atoms with van der Waals surface area (Å²) in [6.45, 7) is 0.374. The SMILES string of the molecule is CN(Cc1ccc(Br)o1)C(=O)c1cc(N)cc(N)c1. The van der Waals surface area contributed by atoms with Crippen molar-refractivity contribution in [3.8, 4) is 0 Å². The third-order valence-electron chi connectivity index (χ3n) is 2.59. The van der Waals surface area contributed by atoms with Crippen LogP contribution in [0.1, 0.15) is 16.1 Å². The van der Waals surface area contributed by atoms with E-state index in [0.717, 1.165) is 0 Å². The molecule has 100 valence electrons.